The highest BCUT2D eigenvalue weighted by Crippen LogP contribution is 2.20. The molecule has 1 aromatic rings. The van der Waals surface area contributed by atoms with Gasteiger partial charge in [-0.05, 0) is 25.5 Å². The van der Waals surface area contributed by atoms with Crippen LogP contribution in [0.2, 0.25) is 0 Å². The maximum absolute atomic E-state index is 11.9. The van der Waals surface area contributed by atoms with Gasteiger partial charge in [-0.3, -0.25) is 9.59 Å². The summed E-state index contributed by atoms with van der Waals surface area (Å²) >= 11 is 1.26. The van der Waals surface area contributed by atoms with Crippen LogP contribution < -0.4 is 5.32 Å². The van der Waals surface area contributed by atoms with E-state index in [1.165, 1.54) is 11.3 Å². The van der Waals surface area contributed by atoms with Gasteiger partial charge < -0.3 is 15.2 Å². The normalized spacial score (nSPS) is 9.55. The largest absolute Gasteiger partial charge is 0.465 e. The van der Waals surface area contributed by atoms with E-state index in [2.05, 4.69) is 17.2 Å². The minimum absolute atomic E-state index is 0.0182. The first-order chi connectivity index (χ1) is 9.58. The third-order valence-corrected chi connectivity index (χ3v) is 3.43. The van der Waals surface area contributed by atoms with Crippen molar-refractivity contribution >= 4 is 23.2 Å². The first kappa shape index (κ1) is 16.2. The number of carbonyl (C=O) groups is 2. The number of rotatable bonds is 5. The molecule has 20 heavy (non-hydrogen) atoms. The Morgan fingerprint density at radius 3 is 2.90 bits per heavy atom. The van der Waals surface area contributed by atoms with E-state index >= 15 is 0 Å². The number of aryl methyl sites for hydroxylation is 1. The van der Waals surface area contributed by atoms with Crippen molar-refractivity contribution in [3.05, 3.63) is 21.4 Å². The van der Waals surface area contributed by atoms with Crippen molar-refractivity contribution in [2.75, 3.05) is 19.8 Å². The molecule has 0 fully saturated rings. The predicted molar refractivity (Wildman–Crippen MR) is 76.6 cm³/mol. The van der Waals surface area contributed by atoms with Crippen molar-refractivity contribution < 1.29 is 19.4 Å². The number of carbonyl (C=O) groups excluding carboxylic acids is 2. The van der Waals surface area contributed by atoms with E-state index in [0.29, 0.717) is 11.3 Å². The summed E-state index contributed by atoms with van der Waals surface area (Å²) in [5, 5.41) is 11.2. The fourth-order valence-electron chi connectivity index (χ4n) is 1.37. The van der Waals surface area contributed by atoms with Gasteiger partial charge in [0, 0.05) is 6.42 Å². The highest BCUT2D eigenvalue weighted by molar-refractivity contribution is 7.14. The van der Waals surface area contributed by atoms with Crippen LogP contribution in [0.4, 0.5) is 0 Å². The van der Waals surface area contributed by atoms with E-state index in [-0.39, 0.29) is 25.7 Å². The Bertz CT molecular complexity index is 539. The van der Waals surface area contributed by atoms with Crippen LogP contribution in [0, 0.1) is 18.8 Å². The quantitative estimate of drug-likeness (QED) is 0.629. The van der Waals surface area contributed by atoms with Gasteiger partial charge in [0.1, 0.15) is 6.54 Å². The zero-order chi connectivity index (χ0) is 15.0. The molecule has 0 spiro atoms. The second kappa shape index (κ2) is 8.35. The second-order valence-electron chi connectivity index (χ2n) is 3.89. The van der Waals surface area contributed by atoms with Gasteiger partial charge in [0.2, 0.25) is 0 Å². The van der Waals surface area contributed by atoms with Crippen LogP contribution >= 0.6 is 11.3 Å². The number of hydrogen-bond donors (Lipinski definition) is 2. The SMILES string of the molecule is CCOC(=O)CNC(=O)c1cc(C)c(C#CCCO)s1. The molecule has 2 N–H and O–H groups in total. The third-order valence-electron chi connectivity index (χ3n) is 2.28. The van der Waals surface area contributed by atoms with E-state index in [0.717, 1.165) is 10.4 Å². The summed E-state index contributed by atoms with van der Waals surface area (Å²) in [6.07, 6.45) is 0.404. The third kappa shape index (κ3) is 5.03. The van der Waals surface area contributed by atoms with E-state index in [1.54, 1.807) is 13.0 Å². The standard InChI is InChI=1S/C14H17NO4S/c1-3-19-13(17)9-15-14(18)12-8-10(2)11(20-12)6-4-5-7-16/h8,16H,3,5,7,9H2,1-2H3,(H,15,18). The van der Waals surface area contributed by atoms with Crippen LogP contribution in [-0.2, 0) is 9.53 Å². The maximum atomic E-state index is 11.9. The number of ether oxygens (including phenoxy) is 1. The molecule has 0 saturated heterocycles. The molecule has 0 atom stereocenters. The molecule has 0 radical (unpaired) electrons. The molecule has 0 unspecified atom stereocenters. The van der Waals surface area contributed by atoms with Crippen molar-refractivity contribution in [3.8, 4) is 11.8 Å². The minimum atomic E-state index is -0.461. The number of thiophene rings is 1. The molecule has 1 aromatic heterocycles. The van der Waals surface area contributed by atoms with E-state index in [9.17, 15) is 9.59 Å². The van der Waals surface area contributed by atoms with Crippen LogP contribution in [0.3, 0.4) is 0 Å². The second-order valence-corrected chi connectivity index (χ2v) is 4.94. The number of esters is 1. The molecule has 108 valence electrons. The van der Waals surface area contributed by atoms with Crippen molar-refractivity contribution in [2.45, 2.75) is 20.3 Å². The van der Waals surface area contributed by atoms with Crippen LogP contribution in [0.1, 0.15) is 33.5 Å². The smallest absolute Gasteiger partial charge is 0.325 e. The molecule has 5 nitrogen and oxygen atoms in total. The van der Waals surface area contributed by atoms with Crippen LogP contribution in [0.25, 0.3) is 0 Å². The topological polar surface area (TPSA) is 75.6 Å². The Balaban J connectivity index is 2.64. The Morgan fingerprint density at radius 2 is 2.25 bits per heavy atom. The van der Waals surface area contributed by atoms with Crippen molar-refractivity contribution in [1.29, 1.82) is 0 Å². The minimum Gasteiger partial charge on any atom is -0.465 e. The van der Waals surface area contributed by atoms with Crippen LogP contribution in [0.5, 0.6) is 0 Å². The molecule has 1 rings (SSSR count). The molecule has 0 aliphatic rings. The monoisotopic (exact) mass is 295 g/mol. The lowest BCUT2D eigenvalue weighted by atomic mass is 10.2. The molecular weight excluding hydrogens is 278 g/mol. The predicted octanol–water partition coefficient (Wildman–Crippen LogP) is 1.08. The molecule has 0 aliphatic heterocycles. The molecule has 0 aliphatic carbocycles. The summed E-state index contributed by atoms with van der Waals surface area (Å²) in [4.78, 5) is 24.3. The Labute approximate surface area is 122 Å². The van der Waals surface area contributed by atoms with Gasteiger partial charge >= 0.3 is 5.97 Å². The Morgan fingerprint density at radius 1 is 1.50 bits per heavy atom. The number of aliphatic hydroxyl groups excluding tert-OH is 1. The lowest BCUT2D eigenvalue weighted by Gasteiger charge is -2.02. The van der Waals surface area contributed by atoms with Crippen molar-refractivity contribution in [3.63, 3.8) is 0 Å². The molecule has 1 heterocycles. The number of amides is 1. The van der Waals surface area contributed by atoms with Gasteiger partial charge in [-0.2, -0.15) is 0 Å². The highest BCUT2D eigenvalue weighted by atomic mass is 32.1. The fourth-order valence-corrected chi connectivity index (χ4v) is 2.33. The average molecular weight is 295 g/mol. The van der Waals surface area contributed by atoms with Crippen molar-refractivity contribution in [2.24, 2.45) is 0 Å². The highest BCUT2D eigenvalue weighted by Gasteiger charge is 2.12. The lowest BCUT2D eigenvalue weighted by molar-refractivity contribution is -0.141. The first-order valence-corrected chi connectivity index (χ1v) is 7.04. The summed E-state index contributed by atoms with van der Waals surface area (Å²) < 4.78 is 4.73. The molecule has 0 saturated carbocycles. The van der Waals surface area contributed by atoms with E-state index in [1.807, 2.05) is 6.92 Å². The van der Waals surface area contributed by atoms with Gasteiger partial charge in [0.25, 0.3) is 5.91 Å². The van der Waals surface area contributed by atoms with Gasteiger partial charge in [0.05, 0.1) is 23.0 Å². The number of hydrogen-bond acceptors (Lipinski definition) is 5. The number of nitrogens with one attached hydrogen (secondary N) is 1. The molecule has 0 aromatic carbocycles. The molecule has 0 bridgehead atoms. The maximum Gasteiger partial charge on any atom is 0.325 e. The Hall–Kier alpha value is -1.84. The zero-order valence-electron chi connectivity index (χ0n) is 11.5. The van der Waals surface area contributed by atoms with Gasteiger partial charge in [-0.15, -0.1) is 11.3 Å². The van der Waals surface area contributed by atoms with Crippen LogP contribution in [0.15, 0.2) is 6.07 Å². The van der Waals surface area contributed by atoms with E-state index < -0.39 is 5.97 Å². The molecular formula is C14H17NO4S. The first-order valence-electron chi connectivity index (χ1n) is 6.22. The van der Waals surface area contributed by atoms with Gasteiger partial charge in [0.15, 0.2) is 0 Å². The Kier molecular flexibility index (Phi) is 6.77. The lowest BCUT2D eigenvalue weighted by Crippen LogP contribution is -2.30. The van der Waals surface area contributed by atoms with Crippen molar-refractivity contribution in [1.82, 2.24) is 5.32 Å². The zero-order valence-corrected chi connectivity index (χ0v) is 12.3. The summed E-state index contributed by atoms with van der Waals surface area (Å²) in [7, 11) is 0. The molecule has 6 heteroatoms. The summed E-state index contributed by atoms with van der Waals surface area (Å²) in [6.45, 7) is 3.73. The summed E-state index contributed by atoms with van der Waals surface area (Å²) in [5.74, 6) is 4.95. The van der Waals surface area contributed by atoms with Gasteiger partial charge in [-0.25, -0.2) is 0 Å². The van der Waals surface area contributed by atoms with E-state index in [4.69, 9.17) is 9.84 Å². The number of aliphatic hydroxyl groups is 1. The fraction of sp³-hybridized carbons (Fsp3) is 0.429. The summed E-state index contributed by atoms with van der Waals surface area (Å²) in [6, 6.07) is 1.73. The average Bonchev–Trinajstić information content (AvgIpc) is 2.78. The molecule has 1 amide bonds. The van der Waals surface area contributed by atoms with Gasteiger partial charge in [-0.1, -0.05) is 11.8 Å². The van der Waals surface area contributed by atoms with Crippen LogP contribution in [-0.4, -0.2) is 36.7 Å². The summed E-state index contributed by atoms with van der Waals surface area (Å²) in [5.41, 5.74) is 0.904.